The van der Waals surface area contributed by atoms with Gasteiger partial charge in [-0.2, -0.15) is 0 Å². The molecule has 82 valence electrons. The summed E-state index contributed by atoms with van der Waals surface area (Å²) in [5, 5.41) is 3.01. The topological polar surface area (TPSA) is 30.5 Å². The molecule has 0 radical (unpaired) electrons. The van der Waals surface area contributed by atoms with Crippen molar-refractivity contribution >= 4 is 0 Å². The van der Waals surface area contributed by atoms with E-state index in [1.54, 1.807) is 0 Å². The maximum Gasteiger partial charge on any atom is 0.0701 e. The zero-order valence-electron chi connectivity index (χ0n) is 8.27. The number of unbranched alkanes of at least 4 members (excludes halogenated alkanes) is 1. The highest BCUT2D eigenvalue weighted by molar-refractivity contribution is 4.37. The van der Waals surface area contributed by atoms with Crippen molar-refractivity contribution in [2.45, 2.75) is 27.2 Å². The monoisotopic (exact) mass is 191 g/mol. The molecule has 0 aromatic heterocycles. The maximum absolute atomic E-state index is 5.31. The molecule has 3 nitrogen and oxygen atoms in total. The van der Waals surface area contributed by atoms with Gasteiger partial charge in [-0.15, -0.1) is 0 Å². The third-order valence-electron chi connectivity index (χ3n) is 1.51. The van der Waals surface area contributed by atoms with E-state index >= 15 is 0 Å². The van der Waals surface area contributed by atoms with Gasteiger partial charge in [-0.1, -0.05) is 20.8 Å². The van der Waals surface area contributed by atoms with Crippen molar-refractivity contribution in [3.63, 3.8) is 0 Å². The Morgan fingerprint density at radius 2 is 1.62 bits per heavy atom. The van der Waals surface area contributed by atoms with Crippen molar-refractivity contribution in [1.82, 2.24) is 5.32 Å². The molecular weight excluding hydrogens is 166 g/mol. The Labute approximate surface area is 82.8 Å². The van der Waals surface area contributed by atoms with Crippen LogP contribution in [0.15, 0.2) is 0 Å². The first kappa shape index (κ1) is 15.4. The first-order valence-electron chi connectivity index (χ1n) is 4.72. The Balaban J connectivity index is 0. The first-order chi connectivity index (χ1) is 5.91. The van der Waals surface area contributed by atoms with Crippen LogP contribution < -0.4 is 5.32 Å². The minimum absolute atomic E-state index is 0. The molecule has 0 amide bonds. The minimum atomic E-state index is 0. The molecule has 0 aliphatic heterocycles. The summed E-state index contributed by atoms with van der Waals surface area (Å²) in [6.07, 6.45) is 2.34. The summed E-state index contributed by atoms with van der Waals surface area (Å²) >= 11 is 0. The molecule has 0 aromatic rings. The molecule has 0 saturated carbocycles. The van der Waals surface area contributed by atoms with E-state index in [-0.39, 0.29) is 7.43 Å². The van der Waals surface area contributed by atoms with Crippen molar-refractivity contribution in [3.05, 3.63) is 0 Å². The molecule has 0 rings (SSSR count). The quantitative estimate of drug-likeness (QED) is 0.562. The average molecular weight is 191 g/mol. The van der Waals surface area contributed by atoms with Gasteiger partial charge in [-0.05, 0) is 13.5 Å². The van der Waals surface area contributed by atoms with E-state index in [2.05, 4.69) is 12.2 Å². The fourth-order valence-electron chi connectivity index (χ4n) is 0.743. The van der Waals surface area contributed by atoms with Crippen molar-refractivity contribution in [2.75, 3.05) is 40.0 Å². The first-order valence-corrected chi connectivity index (χ1v) is 4.72. The second-order valence-corrected chi connectivity index (χ2v) is 2.68. The number of likely N-dealkylation sites (N-methyl/N-ethyl adjacent to an activating group) is 1. The van der Waals surface area contributed by atoms with Crippen LogP contribution in [-0.2, 0) is 9.47 Å². The molecule has 0 aliphatic rings. The van der Waals surface area contributed by atoms with Gasteiger partial charge in [0.05, 0.1) is 19.8 Å². The number of rotatable bonds is 9. The van der Waals surface area contributed by atoms with E-state index in [1.807, 2.05) is 7.05 Å². The highest BCUT2D eigenvalue weighted by Gasteiger charge is 1.88. The summed E-state index contributed by atoms with van der Waals surface area (Å²) < 4.78 is 10.6. The van der Waals surface area contributed by atoms with Gasteiger partial charge in [0.1, 0.15) is 0 Å². The van der Waals surface area contributed by atoms with Crippen LogP contribution in [0, 0.1) is 0 Å². The van der Waals surface area contributed by atoms with Crippen LogP contribution in [0.4, 0.5) is 0 Å². The third kappa shape index (κ3) is 14.7. The average Bonchev–Trinajstić information content (AvgIpc) is 2.10. The largest absolute Gasteiger partial charge is 0.379 e. The second kappa shape index (κ2) is 14.4. The van der Waals surface area contributed by atoms with Gasteiger partial charge in [0.25, 0.3) is 0 Å². The van der Waals surface area contributed by atoms with Crippen LogP contribution >= 0.6 is 0 Å². The van der Waals surface area contributed by atoms with Gasteiger partial charge in [0, 0.05) is 13.2 Å². The maximum atomic E-state index is 5.31. The lowest BCUT2D eigenvalue weighted by Crippen LogP contribution is -2.16. The van der Waals surface area contributed by atoms with Crippen LogP contribution in [0.2, 0.25) is 0 Å². The molecule has 3 heteroatoms. The normalized spacial score (nSPS) is 9.69. The molecule has 1 N–H and O–H groups in total. The molecule has 0 heterocycles. The standard InChI is InChI=1S/C9H21NO2.CH4/c1-3-4-6-11-8-9-12-7-5-10-2;/h10H,3-9H2,1-2H3;1H4. The molecule has 0 atom stereocenters. The zero-order chi connectivity index (χ0) is 9.07. The molecule has 0 fully saturated rings. The smallest absolute Gasteiger partial charge is 0.0701 e. The predicted molar refractivity (Wildman–Crippen MR) is 57.2 cm³/mol. The molecule has 0 aromatic carbocycles. The van der Waals surface area contributed by atoms with E-state index in [0.29, 0.717) is 6.61 Å². The Hall–Kier alpha value is -0.120. The van der Waals surface area contributed by atoms with E-state index in [4.69, 9.17) is 9.47 Å². The summed E-state index contributed by atoms with van der Waals surface area (Å²) in [5.41, 5.74) is 0. The molecule has 0 bridgehead atoms. The van der Waals surface area contributed by atoms with E-state index in [9.17, 15) is 0 Å². The Bertz CT molecular complexity index is 69.3. The van der Waals surface area contributed by atoms with Gasteiger partial charge in [-0.3, -0.25) is 0 Å². The lowest BCUT2D eigenvalue weighted by molar-refractivity contribution is 0.0482. The lowest BCUT2D eigenvalue weighted by Gasteiger charge is -2.04. The Morgan fingerprint density at radius 1 is 1.00 bits per heavy atom. The summed E-state index contributed by atoms with van der Waals surface area (Å²) in [5.74, 6) is 0. The fraction of sp³-hybridized carbons (Fsp3) is 1.00. The van der Waals surface area contributed by atoms with Crippen LogP contribution in [-0.4, -0.2) is 40.0 Å². The summed E-state index contributed by atoms with van der Waals surface area (Å²) in [6, 6.07) is 0. The van der Waals surface area contributed by atoms with Gasteiger partial charge >= 0.3 is 0 Å². The summed E-state index contributed by atoms with van der Waals surface area (Å²) in [6.45, 7) is 6.15. The summed E-state index contributed by atoms with van der Waals surface area (Å²) in [7, 11) is 1.92. The molecule has 13 heavy (non-hydrogen) atoms. The van der Waals surface area contributed by atoms with Crippen molar-refractivity contribution in [2.24, 2.45) is 0 Å². The van der Waals surface area contributed by atoms with Crippen molar-refractivity contribution in [3.8, 4) is 0 Å². The van der Waals surface area contributed by atoms with Crippen molar-refractivity contribution < 1.29 is 9.47 Å². The zero-order valence-corrected chi connectivity index (χ0v) is 8.27. The van der Waals surface area contributed by atoms with E-state index in [0.717, 1.165) is 32.8 Å². The van der Waals surface area contributed by atoms with E-state index in [1.165, 1.54) is 6.42 Å². The van der Waals surface area contributed by atoms with E-state index < -0.39 is 0 Å². The second-order valence-electron chi connectivity index (χ2n) is 2.68. The van der Waals surface area contributed by atoms with Crippen LogP contribution in [0.3, 0.4) is 0 Å². The van der Waals surface area contributed by atoms with Crippen LogP contribution in [0.1, 0.15) is 27.2 Å². The lowest BCUT2D eigenvalue weighted by atomic mass is 10.4. The van der Waals surface area contributed by atoms with Gasteiger partial charge < -0.3 is 14.8 Å². The van der Waals surface area contributed by atoms with Crippen LogP contribution in [0.25, 0.3) is 0 Å². The predicted octanol–water partition coefficient (Wildman–Crippen LogP) is 1.68. The highest BCUT2D eigenvalue weighted by atomic mass is 16.5. The Morgan fingerprint density at radius 3 is 2.15 bits per heavy atom. The van der Waals surface area contributed by atoms with Crippen LogP contribution in [0.5, 0.6) is 0 Å². The number of hydrogen-bond acceptors (Lipinski definition) is 3. The Kier molecular flexibility index (Phi) is 17.0. The SMILES string of the molecule is C.CCCCOCCOCCNC. The molecule has 0 unspecified atom stereocenters. The molecule has 0 saturated heterocycles. The van der Waals surface area contributed by atoms with Gasteiger partial charge in [-0.25, -0.2) is 0 Å². The number of ether oxygens (including phenoxy) is 2. The summed E-state index contributed by atoms with van der Waals surface area (Å²) in [4.78, 5) is 0. The third-order valence-corrected chi connectivity index (χ3v) is 1.51. The minimum Gasteiger partial charge on any atom is -0.379 e. The fourth-order valence-corrected chi connectivity index (χ4v) is 0.743. The van der Waals surface area contributed by atoms with Gasteiger partial charge in [0.2, 0.25) is 0 Å². The number of nitrogens with one attached hydrogen (secondary N) is 1. The van der Waals surface area contributed by atoms with Crippen molar-refractivity contribution in [1.29, 1.82) is 0 Å². The highest BCUT2D eigenvalue weighted by Crippen LogP contribution is 1.87. The number of hydrogen-bond donors (Lipinski definition) is 1. The molecule has 0 aliphatic carbocycles. The molecular formula is C10H25NO2. The molecule has 0 spiro atoms. The van der Waals surface area contributed by atoms with Gasteiger partial charge in [0.15, 0.2) is 0 Å².